The van der Waals surface area contributed by atoms with Gasteiger partial charge in [-0.2, -0.15) is 0 Å². The van der Waals surface area contributed by atoms with Crippen LogP contribution in [0.2, 0.25) is 0 Å². The largest absolute Gasteiger partial charge is 0.328 e. The van der Waals surface area contributed by atoms with Gasteiger partial charge in [-0.3, -0.25) is 4.90 Å². The fourth-order valence-corrected chi connectivity index (χ4v) is 5.02. The van der Waals surface area contributed by atoms with Gasteiger partial charge in [0.2, 0.25) is 10.0 Å². The van der Waals surface area contributed by atoms with Crippen LogP contribution in [0.1, 0.15) is 46.5 Å². The summed E-state index contributed by atoms with van der Waals surface area (Å²) in [5.41, 5.74) is 6.00. The van der Waals surface area contributed by atoms with Gasteiger partial charge in [0.25, 0.3) is 0 Å². The summed E-state index contributed by atoms with van der Waals surface area (Å²) in [7, 11) is -3.09. The molecule has 0 bridgehead atoms. The van der Waals surface area contributed by atoms with Gasteiger partial charge in [0.05, 0.1) is 5.75 Å². The third-order valence-electron chi connectivity index (χ3n) is 4.72. The highest BCUT2D eigenvalue weighted by Gasteiger charge is 2.35. The molecule has 0 aromatic carbocycles. The van der Waals surface area contributed by atoms with E-state index in [-0.39, 0.29) is 11.2 Å². The minimum Gasteiger partial charge on any atom is -0.328 e. The van der Waals surface area contributed by atoms with E-state index in [0.717, 1.165) is 38.8 Å². The molecule has 0 aromatic rings. The highest BCUT2D eigenvalue weighted by atomic mass is 32.2. The first kappa shape index (κ1) is 17.2. The molecule has 1 atom stereocenters. The van der Waals surface area contributed by atoms with Crippen molar-refractivity contribution in [3.8, 4) is 0 Å². The zero-order valence-electron chi connectivity index (χ0n) is 13.7. The molecule has 0 aromatic heterocycles. The first-order valence-corrected chi connectivity index (χ1v) is 9.76. The van der Waals surface area contributed by atoms with E-state index >= 15 is 0 Å². The van der Waals surface area contributed by atoms with Gasteiger partial charge in [0.15, 0.2) is 0 Å². The Morgan fingerprint density at radius 3 is 2.29 bits per heavy atom. The molecule has 0 spiro atoms. The molecule has 6 heteroatoms. The molecule has 0 aliphatic carbocycles. The Bertz CT molecular complexity index is 436. The number of hydrogen-bond donors (Lipinski definition) is 1. The number of piperidine rings is 1. The van der Waals surface area contributed by atoms with Crippen LogP contribution in [0.15, 0.2) is 0 Å². The number of nitrogens with zero attached hydrogens (tertiary/aromatic N) is 2. The molecule has 1 unspecified atom stereocenters. The molecule has 2 aliphatic heterocycles. The van der Waals surface area contributed by atoms with E-state index in [4.69, 9.17) is 5.73 Å². The molecule has 2 N–H and O–H groups in total. The first-order valence-electron chi connectivity index (χ1n) is 8.15. The Morgan fingerprint density at radius 2 is 1.71 bits per heavy atom. The second kappa shape index (κ2) is 6.52. The van der Waals surface area contributed by atoms with Crippen molar-refractivity contribution in [3.63, 3.8) is 0 Å². The van der Waals surface area contributed by atoms with E-state index in [9.17, 15) is 8.42 Å². The van der Waals surface area contributed by atoms with E-state index in [1.165, 1.54) is 0 Å². The van der Waals surface area contributed by atoms with Gasteiger partial charge in [-0.25, -0.2) is 12.7 Å². The van der Waals surface area contributed by atoms with Gasteiger partial charge in [0, 0.05) is 25.2 Å². The lowest BCUT2D eigenvalue weighted by Crippen LogP contribution is -2.46. The monoisotopic (exact) mass is 317 g/mol. The van der Waals surface area contributed by atoms with Crippen LogP contribution in [0.3, 0.4) is 0 Å². The van der Waals surface area contributed by atoms with Crippen molar-refractivity contribution < 1.29 is 8.42 Å². The summed E-state index contributed by atoms with van der Waals surface area (Å²) < 4.78 is 26.6. The quantitative estimate of drug-likeness (QED) is 0.847. The standard InChI is InChI=1S/C15H31N3O2S/c1-15(2,3)7-11-21(19,20)18-10-6-14(12-18)17-8-4-13(16)5-9-17/h13-14H,4-12,16H2,1-3H3. The van der Waals surface area contributed by atoms with E-state index in [1.54, 1.807) is 4.31 Å². The average Bonchev–Trinajstić information content (AvgIpc) is 2.87. The predicted octanol–water partition coefficient (Wildman–Crippen LogP) is 1.25. The van der Waals surface area contributed by atoms with Gasteiger partial charge >= 0.3 is 0 Å². The lowest BCUT2D eigenvalue weighted by Gasteiger charge is -2.34. The highest BCUT2D eigenvalue weighted by Crippen LogP contribution is 2.25. The Labute approximate surface area is 129 Å². The summed E-state index contributed by atoms with van der Waals surface area (Å²) in [6.07, 6.45) is 3.75. The van der Waals surface area contributed by atoms with Crippen LogP contribution in [0, 0.1) is 5.41 Å². The summed E-state index contributed by atoms with van der Waals surface area (Å²) in [6, 6.07) is 0.719. The minimum absolute atomic E-state index is 0.0647. The number of likely N-dealkylation sites (tertiary alicyclic amines) is 1. The maximum absolute atomic E-state index is 12.4. The van der Waals surface area contributed by atoms with E-state index in [2.05, 4.69) is 25.7 Å². The van der Waals surface area contributed by atoms with Crippen LogP contribution >= 0.6 is 0 Å². The predicted molar refractivity (Wildman–Crippen MR) is 86.6 cm³/mol. The van der Waals surface area contributed by atoms with Crippen molar-refractivity contribution in [2.75, 3.05) is 31.9 Å². The lowest BCUT2D eigenvalue weighted by atomic mass is 9.94. The normalized spacial score (nSPS) is 27.3. The molecular formula is C15H31N3O2S. The summed E-state index contributed by atoms with van der Waals surface area (Å²) >= 11 is 0. The SMILES string of the molecule is CC(C)(C)CCS(=O)(=O)N1CCC(N2CCC(N)CC2)C1. The lowest BCUT2D eigenvalue weighted by molar-refractivity contribution is 0.159. The molecule has 21 heavy (non-hydrogen) atoms. The number of nitrogens with two attached hydrogens (primary N) is 1. The van der Waals surface area contributed by atoms with Gasteiger partial charge in [-0.05, 0) is 44.2 Å². The zero-order chi connectivity index (χ0) is 15.7. The topological polar surface area (TPSA) is 66.6 Å². The maximum Gasteiger partial charge on any atom is 0.214 e. The van der Waals surface area contributed by atoms with E-state index in [0.29, 0.717) is 25.2 Å². The van der Waals surface area contributed by atoms with Crippen molar-refractivity contribution in [1.29, 1.82) is 0 Å². The van der Waals surface area contributed by atoms with Crippen molar-refractivity contribution in [2.45, 2.75) is 58.5 Å². The third kappa shape index (κ3) is 4.91. The van der Waals surface area contributed by atoms with Crippen molar-refractivity contribution in [3.05, 3.63) is 0 Å². The molecule has 0 radical (unpaired) electrons. The van der Waals surface area contributed by atoms with Crippen molar-refractivity contribution in [2.24, 2.45) is 11.1 Å². The van der Waals surface area contributed by atoms with Crippen LogP contribution in [0.4, 0.5) is 0 Å². The summed E-state index contributed by atoms with van der Waals surface area (Å²) in [5.74, 6) is 0.272. The first-order chi connectivity index (χ1) is 9.67. The molecule has 2 saturated heterocycles. The van der Waals surface area contributed by atoms with Crippen LogP contribution in [0.5, 0.6) is 0 Å². The van der Waals surface area contributed by atoms with Gasteiger partial charge in [0.1, 0.15) is 0 Å². The molecule has 2 fully saturated rings. The van der Waals surface area contributed by atoms with Gasteiger partial charge < -0.3 is 5.73 Å². The molecule has 5 nitrogen and oxygen atoms in total. The number of sulfonamides is 1. The zero-order valence-corrected chi connectivity index (χ0v) is 14.5. The maximum atomic E-state index is 12.4. The Morgan fingerprint density at radius 1 is 1.10 bits per heavy atom. The Kier molecular flexibility index (Phi) is 5.34. The van der Waals surface area contributed by atoms with Crippen LogP contribution in [0.25, 0.3) is 0 Å². The second-order valence-corrected chi connectivity index (χ2v) is 9.89. The van der Waals surface area contributed by atoms with Gasteiger partial charge in [-0.1, -0.05) is 20.8 Å². The number of rotatable bonds is 4. The second-order valence-electron chi connectivity index (χ2n) is 7.80. The minimum atomic E-state index is -3.09. The summed E-state index contributed by atoms with van der Waals surface area (Å²) in [6.45, 7) is 9.65. The Hall–Kier alpha value is -0.170. The number of hydrogen-bond acceptors (Lipinski definition) is 4. The van der Waals surface area contributed by atoms with E-state index < -0.39 is 10.0 Å². The molecular weight excluding hydrogens is 286 g/mol. The molecule has 124 valence electrons. The molecule has 0 amide bonds. The highest BCUT2D eigenvalue weighted by molar-refractivity contribution is 7.89. The molecule has 2 rings (SSSR count). The fraction of sp³-hybridized carbons (Fsp3) is 1.00. The van der Waals surface area contributed by atoms with Crippen molar-refractivity contribution >= 4 is 10.0 Å². The summed E-state index contributed by atoms with van der Waals surface area (Å²) in [5, 5.41) is 0. The summed E-state index contributed by atoms with van der Waals surface area (Å²) in [4.78, 5) is 2.43. The molecule has 2 heterocycles. The Balaban J connectivity index is 1.86. The smallest absolute Gasteiger partial charge is 0.214 e. The molecule has 0 saturated carbocycles. The fourth-order valence-electron chi connectivity index (χ4n) is 3.11. The third-order valence-corrected chi connectivity index (χ3v) is 6.56. The van der Waals surface area contributed by atoms with E-state index in [1.807, 2.05) is 0 Å². The van der Waals surface area contributed by atoms with Crippen LogP contribution in [-0.4, -0.2) is 61.6 Å². The van der Waals surface area contributed by atoms with Crippen molar-refractivity contribution in [1.82, 2.24) is 9.21 Å². The van der Waals surface area contributed by atoms with Crippen LogP contribution < -0.4 is 5.73 Å². The van der Waals surface area contributed by atoms with Gasteiger partial charge in [-0.15, -0.1) is 0 Å². The average molecular weight is 317 g/mol. The van der Waals surface area contributed by atoms with Crippen LogP contribution in [-0.2, 0) is 10.0 Å². The molecule has 2 aliphatic rings.